The van der Waals surface area contributed by atoms with Gasteiger partial charge in [0.2, 0.25) is 0 Å². The number of carbonyl (C=O) groups excluding carboxylic acids is 1. The van der Waals surface area contributed by atoms with Crippen LogP contribution in [0.2, 0.25) is 5.02 Å². The summed E-state index contributed by atoms with van der Waals surface area (Å²) in [6.07, 6.45) is 0. The number of carbonyl (C=O) groups is 1. The highest BCUT2D eigenvalue weighted by Gasteiger charge is 2.18. The second-order valence-electron chi connectivity index (χ2n) is 6.37. The maximum absolute atomic E-state index is 12.2. The largest absolute Gasteiger partial charge is 0.493 e. The van der Waals surface area contributed by atoms with Crippen molar-refractivity contribution >= 4 is 29.9 Å². The summed E-state index contributed by atoms with van der Waals surface area (Å²) < 4.78 is 10.9. The normalized spacial score (nSPS) is 11.0. The van der Waals surface area contributed by atoms with Crippen molar-refractivity contribution in [2.75, 3.05) is 20.3 Å². The van der Waals surface area contributed by atoms with E-state index in [1.807, 2.05) is 27.7 Å². The van der Waals surface area contributed by atoms with E-state index in [0.29, 0.717) is 41.2 Å². The van der Waals surface area contributed by atoms with Gasteiger partial charge < -0.3 is 20.5 Å². The Kier molecular flexibility index (Phi) is 8.74. The van der Waals surface area contributed by atoms with Gasteiger partial charge in [0.25, 0.3) is 5.91 Å². The van der Waals surface area contributed by atoms with Crippen LogP contribution in [0.4, 0.5) is 0 Å². The molecule has 1 amide bonds. The van der Waals surface area contributed by atoms with Crippen molar-refractivity contribution in [2.45, 2.75) is 33.2 Å². The van der Waals surface area contributed by atoms with Crippen molar-refractivity contribution in [2.24, 2.45) is 11.7 Å². The van der Waals surface area contributed by atoms with E-state index >= 15 is 0 Å². The summed E-state index contributed by atoms with van der Waals surface area (Å²) in [5.41, 5.74) is 5.78. The van der Waals surface area contributed by atoms with Crippen molar-refractivity contribution in [1.29, 1.82) is 0 Å². The number of methoxy groups -OCH3 is 1. The molecule has 0 aromatic heterocycles. The number of hydrogen-bond acceptors (Lipinski definition) is 4. The van der Waals surface area contributed by atoms with Crippen LogP contribution in [0.25, 0.3) is 0 Å². The minimum Gasteiger partial charge on any atom is -0.493 e. The van der Waals surface area contributed by atoms with Gasteiger partial charge in [0.1, 0.15) is 0 Å². The molecule has 0 aliphatic carbocycles. The number of halogens is 2. The summed E-state index contributed by atoms with van der Waals surface area (Å²) in [4.78, 5) is 12.2. The molecule has 0 heterocycles. The lowest BCUT2D eigenvalue weighted by Gasteiger charge is -2.19. The third kappa shape index (κ3) is 7.29. The molecule has 0 aliphatic heterocycles. The highest BCUT2D eigenvalue weighted by molar-refractivity contribution is 6.32. The number of rotatable bonds is 7. The predicted molar refractivity (Wildman–Crippen MR) is 96.2 cm³/mol. The van der Waals surface area contributed by atoms with Gasteiger partial charge in [-0.3, -0.25) is 4.79 Å². The third-order valence-electron chi connectivity index (χ3n) is 2.76. The highest BCUT2D eigenvalue weighted by atomic mass is 35.5. The first kappa shape index (κ1) is 21.8. The van der Waals surface area contributed by atoms with Crippen LogP contribution < -0.4 is 20.5 Å². The summed E-state index contributed by atoms with van der Waals surface area (Å²) in [6.45, 7) is 8.63. The number of nitrogens with one attached hydrogen (secondary N) is 1. The smallest absolute Gasteiger partial charge is 0.251 e. The molecule has 0 bridgehead atoms. The summed E-state index contributed by atoms with van der Waals surface area (Å²) in [5, 5.41) is 3.11. The first-order valence-corrected chi connectivity index (χ1v) is 7.59. The molecule has 3 N–H and O–H groups in total. The minimum atomic E-state index is -0.482. The average Bonchev–Trinajstić information content (AvgIpc) is 2.41. The van der Waals surface area contributed by atoms with Gasteiger partial charge in [-0.15, -0.1) is 12.4 Å². The van der Waals surface area contributed by atoms with Gasteiger partial charge in [-0.1, -0.05) is 25.4 Å². The molecule has 132 valence electrons. The van der Waals surface area contributed by atoms with Crippen molar-refractivity contribution in [3.05, 3.63) is 22.7 Å². The van der Waals surface area contributed by atoms with E-state index in [-0.39, 0.29) is 18.3 Å². The van der Waals surface area contributed by atoms with Crippen LogP contribution in [0.3, 0.4) is 0 Å². The summed E-state index contributed by atoms with van der Waals surface area (Å²) in [6, 6.07) is 3.18. The van der Waals surface area contributed by atoms with E-state index < -0.39 is 5.54 Å². The Bertz CT molecular complexity index is 529. The second-order valence-corrected chi connectivity index (χ2v) is 6.77. The van der Waals surface area contributed by atoms with Gasteiger partial charge >= 0.3 is 0 Å². The molecule has 1 aromatic rings. The molecule has 1 aromatic carbocycles. The maximum Gasteiger partial charge on any atom is 0.251 e. The Balaban J connectivity index is 0.00000484. The molecule has 7 heteroatoms. The molecule has 0 aliphatic rings. The lowest BCUT2D eigenvalue weighted by molar-refractivity contribution is 0.0945. The Morgan fingerprint density at radius 3 is 2.48 bits per heavy atom. The molecule has 0 saturated carbocycles. The summed E-state index contributed by atoms with van der Waals surface area (Å²) >= 11 is 6.22. The van der Waals surface area contributed by atoms with Crippen LogP contribution in [0, 0.1) is 5.92 Å². The van der Waals surface area contributed by atoms with Crippen molar-refractivity contribution in [1.82, 2.24) is 5.32 Å². The first-order chi connectivity index (χ1) is 10.1. The fourth-order valence-electron chi connectivity index (χ4n) is 1.65. The minimum absolute atomic E-state index is 0. The van der Waals surface area contributed by atoms with Crippen molar-refractivity contribution in [3.63, 3.8) is 0 Å². The molecule has 0 spiro atoms. The molecule has 5 nitrogen and oxygen atoms in total. The van der Waals surface area contributed by atoms with Crippen molar-refractivity contribution in [3.8, 4) is 11.5 Å². The number of hydrogen-bond donors (Lipinski definition) is 2. The fraction of sp³-hybridized carbons (Fsp3) is 0.562. The monoisotopic (exact) mass is 364 g/mol. The van der Waals surface area contributed by atoms with Crippen LogP contribution in [-0.2, 0) is 0 Å². The van der Waals surface area contributed by atoms with Gasteiger partial charge in [-0.05, 0) is 31.9 Å². The molecule has 0 radical (unpaired) electrons. The molecular weight excluding hydrogens is 339 g/mol. The van der Waals surface area contributed by atoms with E-state index in [4.69, 9.17) is 26.8 Å². The zero-order chi connectivity index (χ0) is 16.9. The van der Waals surface area contributed by atoms with Crippen molar-refractivity contribution < 1.29 is 14.3 Å². The topological polar surface area (TPSA) is 73.6 Å². The average molecular weight is 365 g/mol. The predicted octanol–water partition coefficient (Wildman–Crippen LogP) is 3.27. The van der Waals surface area contributed by atoms with E-state index in [1.165, 1.54) is 7.11 Å². The maximum atomic E-state index is 12.2. The standard InChI is InChI=1S/C16H25ClN2O3.ClH/c1-10(2)8-22-14-12(17)6-11(7-13(14)21-5)15(20)19-9-16(3,4)18;/h6-7,10H,8-9,18H2,1-5H3,(H,19,20);1H. The van der Waals surface area contributed by atoms with E-state index in [9.17, 15) is 4.79 Å². The summed E-state index contributed by atoms with van der Waals surface area (Å²) in [5.74, 6) is 0.989. The number of amides is 1. The second kappa shape index (κ2) is 9.21. The highest BCUT2D eigenvalue weighted by Crippen LogP contribution is 2.36. The molecule has 0 unspecified atom stereocenters. The zero-order valence-corrected chi connectivity index (χ0v) is 15.8. The van der Waals surface area contributed by atoms with Gasteiger partial charge in [-0.2, -0.15) is 0 Å². The quantitative estimate of drug-likeness (QED) is 0.778. The zero-order valence-electron chi connectivity index (χ0n) is 14.2. The molecular formula is C16H26Cl2N2O3. The third-order valence-corrected chi connectivity index (χ3v) is 3.04. The van der Waals surface area contributed by atoms with Crippen LogP contribution in [0.1, 0.15) is 38.1 Å². The van der Waals surface area contributed by atoms with Gasteiger partial charge in [0, 0.05) is 17.6 Å². The van der Waals surface area contributed by atoms with E-state index in [2.05, 4.69) is 5.32 Å². The lowest BCUT2D eigenvalue weighted by atomic mass is 10.1. The Hall–Kier alpha value is -1.17. The fourth-order valence-corrected chi connectivity index (χ4v) is 1.92. The lowest BCUT2D eigenvalue weighted by Crippen LogP contribution is -2.45. The van der Waals surface area contributed by atoms with E-state index in [0.717, 1.165) is 0 Å². The number of benzene rings is 1. The molecule has 0 fully saturated rings. The van der Waals surface area contributed by atoms with Gasteiger partial charge in [0.05, 0.1) is 18.7 Å². The Morgan fingerprint density at radius 1 is 1.39 bits per heavy atom. The van der Waals surface area contributed by atoms with Gasteiger partial charge in [0.15, 0.2) is 11.5 Å². The number of nitrogens with two attached hydrogens (primary N) is 1. The van der Waals surface area contributed by atoms with Gasteiger partial charge in [-0.25, -0.2) is 0 Å². The molecule has 1 rings (SSSR count). The Labute approximate surface area is 149 Å². The van der Waals surface area contributed by atoms with Crippen LogP contribution in [0.15, 0.2) is 12.1 Å². The van der Waals surface area contributed by atoms with E-state index in [1.54, 1.807) is 12.1 Å². The molecule has 0 atom stereocenters. The SMILES string of the molecule is COc1cc(C(=O)NCC(C)(C)N)cc(Cl)c1OCC(C)C.Cl. The molecule has 0 saturated heterocycles. The Morgan fingerprint density at radius 2 is 2.00 bits per heavy atom. The van der Waals surface area contributed by atoms with Crippen LogP contribution in [-0.4, -0.2) is 31.7 Å². The first-order valence-electron chi connectivity index (χ1n) is 7.21. The molecule has 23 heavy (non-hydrogen) atoms. The number of ether oxygens (including phenoxy) is 2. The summed E-state index contributed by atoms with van der Waals surface area (Å²) in [7, 11) is 1.51. The van der Waals surface area contributed by atoms with Crippen LogP contribution in [0.5, 0.6) is 11.5 Å². The van der Waals surface area contributed by atoms with Crippen LogP contribution >= 0.6 is 24.0 Å².